The van der Waals surface area contributed by atoms with E-state index in [0.29, 0.717) is 18.9 Å². The third-order valence-electron chi connectivity index (χ3n) is 4.68. The molecule has 8 nitrogen and oxygen atoms in total. The molecule has 0 aliphatic carbocycles. The Kier molecular flexibility index (Phi) is 5.97. The van der Waals surface area contributed by atoms with Gasteiger partial charge in [-0.2, -0.15) is 4.31 Å². The fraction of sp³-hybridized carbons (Fsp3) is 0.368. The van der Waals surface area contributed by atoms with Crippen LogP contribution >= 0.6 is 0 Å². The number of amides is 1. The third kappa shape index (κ3) is 4.32. The molecule has 1 saturated heterocycles. The average Bonchev–Trinajstić information content (AvgIpc) is 2.67. The number of hydrogen-bond acceptors (Lipinski definition) is 5. The SMILES string of the molecule is Cc1ccc(NC(=O)Cn2cccc(S(=O)(=O)N3CCOCC3)c2=O)cc1C. The van der Waals surface area contributed by atoms with Gasteiger partial charge in [0.1, 0.15) is 11.4 Å². The summed E-state index contributed by atoms with van der Waals surface area (Å²) in [7, 11) is -3.93. The predicted octanol–water partition coefficient (Wildman–Crippen LogP) is 1.12. The van der Waals surface area contributed by atoms with E-state index in [1.807, 2.05) is 26.0 Å². The zero-order valence-corrected chi connectivity index (χ0v) is 16.7. The van der Waals surface area contributed by atoms with Gasteiger partial charge in [-0.3, -0.25) is 9.59 Å². The molecule has 150 valence electrons. The number of rotatable bonds is 5. The van der Waals surface area contributed by atoms with Crippen molar-refractivity contribution in [3.05, 3.63) is 58.0 Å². The molecule has 2 heterocycles. The molecule has 1 aromatic carbocycles. The lowest BCUT2D eigenvalue weighted by atomic mass is 10.1. The Bertz CT molecular complexity index is 1040. The van der Waals surface area contributed by atoms with Crippen LogP contribution in [0.25, 0.3) is 0 Å². The van der Waals surface area contributed by atoms with Crippen LogP contribution in [0, 0.1) is 13.8 Å². The van der Waals surface area contributed by atoms with Gasteiger partial charge in [0.05, 0.1) is 13.2 Å². The van der Waals surface area contributed by atoms with Gasteiger partial charge in [-0.1, -0.05) is 6.07 Å². The number of carbonyl (C=O) groups is 1. The molecule has 28 heavy (non-hydrogen) atoms. The molecule has 1 amide bonds. The Labute approximate surface area is 163 Å². The number of nitrogens with one attached hydrogen (secondary N) is 1. The summed E-state index contributed by atoms with van der Waals surface area (Å²) in [6, 6.07) is 8.24. The van der Waals surface area contributed by atoms with Gasteiger partial charge in [-0.15, -0.1) is 0 Å². The number of ether oxygens (including phenoxy) is 1. The highest BCUT2D eigenvalue weighted by molar-refractivity contribution is 7.89. The number of morpholine rings is 1. The highest BCUT2D eigenvalue weighted by Crippen LogP contribution is 2.15. The highest BCUT2D eigenvalue weighted by Gasteiger charge is 2.29. The smallest absolute Gasteiger partial charge is 0.271 e. The summed E-state index contributed by atoms with van der Waals surface area (Å²) in [4.78, 5) is 24.7. The second kappa shape index (κ2) is 8.26. The van der Waals surface area contributed by atoms with Crippen LogP contribution in [0.2, 0.25) is 0 Å². The number of anilines is 1. The van der Waals surface area contributed by atoms with Crippen LogP contribution in [0.3, 0.4) is 0 Å². The second-order valence-electron chi connectivity index (χ2n) is 6.67. The second-order valence-corrected chi connectivity index (χ2v) is 8.58. The maximum absolute atomic E-state index is 12.8. The van der Waals surface area contributed by atoms with Crippen molar-refractivity contribution in [3.8, 4) is 0 Å². The van der Waals surface area contributed by atoms with Crippen LogP contribution in [0.1, 0.15) is 11.1 Å². The van der Waals surface area contributed by atoms with E-state index in [-0.39, 0.29) is 24.5 Å². The predicted molar refractivity (Wildman–Crippen MR) is 105 cm³/mol. The molecular formula is C19H23N3O5S. The first-order chi connectivity index (χ1) is 13.3. The van der Waals surface area contributed by atoms with Gasteiger partial charge in [0.25, 0.3) is 5.56 Å². The molecule has 1 N–H and O–H groups in total. The number of carbonyl (C=O) groups excluding carboxylic acids is 1. The first-order valence-electron chi connectivity index (χ1n) is 8.93. The molecule has 1 aliphatic heterocycles. The normalized spacial score (nSPS) is 15.4. The first kappa shape index (κ1) is 20.2. The Morgan fingerprint density at radius 3 is 2.54 bits per heavy atom. The van der Waals surface area contributed by atoms with Crippen molar-refractivity contribution in [3.63, 3.8) is 0 Å². The molecule has 0 spiro atoms. The van der Waals surface area contributed by atoms with Gasteiger partial charge in [-0.25, -0.2) is 8.42 Å². The third-order valence-corrected chi connectivity index (χ3v) is 6.59. The van der Waals surface area contributed by atoms with Gasteiger partial charge >= 0.3 is 0 Å². The zero-order chi connectivity index (χ0) is 20.3. The van der Waals surface area contributed by atoms with E-state index < -0.39 is 21.5 Å². The molecule has 1 fully saturated rings. The Balaban J connectivity index is 1.79. The fourth-order valence-corrected chi connectivity index (χ4v) is 4.43. The summed E-state index contributed by atoms with van der Waals surface area (Å²) in [6.07, 6.45) is 1.40. The van der Waals surface area contributed by atoms with Gasteiger partial charge in [-0.05, 0) is 49.2 Å². The van der Waals surface area contributed by atoms with E-state index >= 15 is 0 Å². The lowest BCUT2D eigenvalue weighted by Gasteiger charge is -2.25. The summed E-state index contributed by atoms with van der Waals surface area (Å²) >= 11 is 0. The fourth-order valence-electron chi connectivity index (χ4n) is 2.94. The standard InChI is InChI=1S/C19H23N3O5S/c1-14-5-6-16(12-15(14)2)20-18(23)13-21-7-3-4-17(19(21)24)28(25,26)22-8-10-27-11-9-22/h3-7,12H,8-11,13H2,1-2H3,(H,20,23). The number of aryl methyl sites for hydroxylation is 2. The quantitative estimate of drug-likeness (QED) is 0.804. The van der Waals surface area contributed by atoms with Gasteiger partial charge in [0.2, 0.25) is 15.9 Å². The minimum Gasteiger partial charge on any atom is -0.379 e. The Morgan fingerprint density at radius 2 is 1.86 bits per heavy atom. The average molecular weight is 405 g/mol. The molecule has 0 atom stereocenters. The van der Waals surface area contributed by atoms with Gasteiger partial charge in [0, 0.05) is 25.0 Å². The number of hydrogen-bond donors (Lipinski definition) is 1. The van der Waals surface area contributed by atoms with Gasteiger partial charge < -0.3 is 14.6 Å². The van der Waals surface area contributed by atoms with Crippen molar-refractivity contribution >= 4 is 21.6 Å². The van der Waals surface area contributed by atoms with E-state index in [1.54, 1.807) is 6.07 Å². The van der Waals surface area contributed by atoms with Crippen LogP contribution in [0.5, 0.6) is 0 Å². The Hall–Kier alpha value is -2.49. The van der Waals surface area contributed by atoms with E-state index in [1.165, 1.54) is 22.6 Å². The summed E-state index contributed by atoms with van der Waals surface area (Å²) < 4.78 is 33.0. The minimum atomic E-state index is -3.93. The molecule has 3 rings (SSSR count). The number of aromatic nitrogens is 1. The van der Waals surface area contributed by atoms with E-state index in [4.69, 9.17) is 4.74 Å². The van der Waals surface area contributed by atoms with Gasteiger partial charge in [0.15, 0.2) is 0 Å². The summed E-state index contributed by atoms with van der Waals surface area (Å²) in [5.41, 5.74) is 2.05. The van der Waals surface area contributed by atoms with Crippen molar-refractivity contribution < 1.29 is 17.9 Å². The lowest BCUT2D eigenvalue weighted by molar-refractivity contribution is -0.116. The maximum Gasteiger partial charge on any atom is 0.271 e. The number of benzene rings is 1. The molecule has 1 aliphatic rings. The summed E-state index contributed by atoms with van der Waals surface area (Å²) in [5.74, 6) is -0.411. The monoisotopic (exact) mass is 405 g/mol. The molecule has 0 bridgehead atoms. The van der Waals surface area contributed by atoms with Crippen molar-refractivity contribution in [2.24, 2.45) is 0 Å². The maximum atomic E-state index is 12.8. The molecule has 1 aromatic heterocycles. The topological polar surface area (TPSA) is 97.7 Å². The number of nitrogens with zero attached hydrogens (tertiary/aromatic N) is 2. The number of pyridine rings is 1. The van der Waals surface area contributed by atoms with Crippen LogP contribution < -0.4 is 10.9 Å². The van der Waals surface area contributed by atoms with E-state index in [9.17, 15) is 18.0 Å². The van der Waals surface area contributed by atoms with E-state index in [0.717, 1.165) is 15.7 Å². The van der Waals surface area contributed by atoms with Crippen molar-refractivity contribution in [1.29, 1.82) is 0 Å². The Morgan fingerprint density at radius 1 is 1.14 bits per heavy atom. The molecule has 0 saturated carbocycles. The van der Waals surface area contributed by atoms with Crippen LogP contribution in [-0.2, 0) is 26.1 Å². The van der Waals surface area contributed by atoms with Crippen LogP contribution in [-0.4, -0.2) is 49.5 Å². The highest BCUT2D eigenvalue weighted by atomic mass is 32.2. The largest absolute Gasteiger partial charge is 0.379 e. The van der Waals surface area contributed by atoms with E-state index in [2.05, 4.69) is 5.32 Å². The minimum absolute atomic E-state index is 0.198. The molecule has 0 unspecified atom stereocenters. The van der Waals surface area contributed by atoms with Crippen molar-refractivity contribution in [1.82, 2.24) is 8.87 Å². The number of sulfonamides is 1. The summed E-state index contributed by atoms with van der Waals surface area (Å²) in [5, 5.41) is 2.73. The van der Waals surface area contributed by atoms with Crippen LogP contribution in [0.15, 0.2) is 46.2 Å². The molecule has 2 aromatic rings. The molecule has 0 radical (unpaired) electrons. The lowest BCUT2D eigenvalue weighted by Crippen LogP contribution is -2.43. The first-order valence-corrected chi connectivity index (χ1v) is 10.4. The van der Waals surface area contributed by atoms with Crippen molar-refractivity contribution in [2.45, 2.75) is 25.3 Å². The van der Waals surface area contributed by atoms with Crippen LogP contribution in [0.4, 0.5) is 5.69 Å². The summed E-state index contributed by atoms with van der Waals surface area (Å²) in [6.45, 7) is 4.61. The molecule has 9 heteroatoms. The zero-order valence-electron chi connectivity index (χ0n) is 15.8. The molecular weight excluding hydrogens is 382 g/mol. The van der Waals surface area contributed by atoms with Crippen molar-refractivity contribution in [2.75, 3.05) is 31.6 Å².